The average Bonchev–Trinajstić information content (AvgIpc) is 3.29. The highest BCUT2D eigenvalue weighted by Crippen LogP contribution is 2.65. The predicted octanol–water partition coefficient (Wildman–Crippen LogP) is 4.78. The van der Waals surface area contributed by atoms with Gasteiger partial charge in [0.15, 0.2) is 0 Å². The van der Waals surface area contributed by atoms with Gasteiger partial charge in [0, 0.05) is 18.2 Å². The number of rotatable bonds is 2. The first-order chi connectivity index (χ1) is 14.6. The van der Waals surface area contributed by atoms with Crippen molar-refractivity contribution in [2.24, 2.45) is 34.5 Å². The minimum absolute atomic E-state index is 0.0921. The Balaban J connectivity index is 1.48. The van der Waals surface area contributed by atoms with E-state index >= 15 is 0 Å². The van der Waals surface area contributed by atoms with Crippen molar-refractivity contribution in [3.63, 3.8) is 0 Å². The molecule has 31 heavy (non-hydrogen) atoms. The van der Waals surface area contributed by atoms with Gasteiger partial charge in [-0.2, -0.15) is 0 Å². The molecule has 4 aliphatic rings. The van der Waals surface area contributed by atoms with Crippen LogP contribution in [0.25, 0.3) is 0 Å². The summed E-state index contributed by atoms with van der Waals surface area (Å²) in [5.41, 5.74) is 2.89. The second kappa shape index (κ2) is 7.12. The fraction of sp³-hybridized carbons (Fsp3) is 0.750. The monoisotopic (exact) mass is 442 g/mol. The summed E-state index contributed by atoms with van der Waals surface area (Å²) in [5.74, 6) is 0.980. The van der Waals surface area contributed by atoms with Gasteiger partial charge in [-0.3, -0.25) is 14.9 Å². The van der Waals surface area contributed by atoms with E-state index in [0.717, 1.165) is 17.3 Å². The van der Waals surface area contributed by atoms with Crippen molar-refractivity contribution in [2.75, 3.05) is 12.4 Å². The van der Waals surface area contributed by atoms with E-state index in [9.17, 15) is 9.59 Å². The van der Waals surface area contributed by atoms with Crippen LogP contribution < -0.4 is 5.32 Å². The molecule has 5 rings (SSSR count). The molecule has 6 atom stereocenters. The fourth-order valence-corrected chi connectivity index (χ4v) is 8.58. The van der Waals surface area contributed by atoms with E-state index in [1.807, 2.05) is 18.9 Å². The molecule has 7 heteroatoms. The van der Waals surface area contributed by atoms with Crippen LogP contribution in [0.1, 0.15) is 70.7 Å². The van der Waals surface area contributed by atoms with Gasteiger partial charge < -0.3 is 4.90 Å². The van der Waals surface area contributed by atoms with Gasteiger partial charge in [-0.15, -0.1) is 10.2 Å². The van der Waals surface area contributed by atoms with Crippen molar-refractivity contribution >= 4 is 28.3 Å². The predicted molar refractivity (Wildman–Crippen MR) is 121 cm³/mol. The molecule has 0 aromatic carbocycles. The van der Waals surface area contributed by atoms with E-state index in [4.69, 9.17) is 0 Å². The molecule has 1 aliphatic heterocycles. The van der Waals surface area contributed by atoms with Crippen LogP contribution in [0.3, 0.4) is 0 Å². The Labute approximate surface area is 188 Å². The summed E-state index contributed by atoms with van der Waals surface area (Å²) in [5, 5.41) is 12.1. The zero-order chi connectivity index (χ0) is 22.1. The number of amides is 2. The second-order valence-electron chi connectivity index (χ2n) is 11.0. The first-order valence-corrected chi connectivity index (χ1v) is 12.5. The number of aryl methyl sites for hydroxylation is 1. The van der Waals surface area contributed by atoms with Crippen LogP contribution in [0.15, 0.2) is 11.3 Å². The third-order valence-electron chi connectivity index (χ3n) is 9.19. The molecule has 6 nitrogen and oxygen atoms in total. The van der Waals surface area contributed by atoms with Gasteiger partial charge in [0.2, 0.25) is 16.9 Å². The highest BCUT2D eigenvalue weighted by atomic mass is 32.1. The highest BCUT2D eigenvalue weighted by molar-refractivity contribution is 7.15. The molecule has 1 unspecified atom stereocenters. The third kappa shape index (κ3) is 3.10. The molecule has 3 fully saturated rings. The smallest absolute Gasteiger partial charge is 0.239 e. The summed E-state index contributed by atoms with van der Waals surface area (Å²) >= 11 is 1.34. The maximum absolute atomic E-state index is 13.3. The normalized spacial score (nSPS) is 39.8. The van der Waals surface area contributed by atoms with E-state index in [1.165, 1.54) is 54.7 Å². The maximum atomic E-state index is 13.3. The summed E-state index contributed by atoms with van der Waals surface area (Å²) < 4.78 is 0. The molecule has 168 valence electrons. The molecule has 1 N–H and O–H groups in total. The van der Waals surface area contributed by atoms with Crippen LogP contribution in [-0.4, -0.2) is 34.0 Å². The van der Waals surface area contributed by atoms with Crippen molar-refractivity contribution in [1.82, 2.24) is 15.1 Å². The molecule has 0 radical (unpaired) electrons. The SMILES string of the molecule is CC1=C2N(C)C(=O)C(C(=O)Nc3nnc(C)s3)C[C@]2(C)[C@@H]2CC[C@]3(C)CCC[C@H]3[C@@H]2C1. The van der Waals surface area contributed by atoms with Gasteiger partial charge in [0.1, 0.15) is 10.9 Å². The van der Waals surface area contributed by atoms with Crippen molar-refractivity contribution in [3.05, 3.63) is 16.3 Å². The lowest BCUT2D eigenvalue weighted by molar-refractivity contribution is -0.147. The number of carbonyl (C=O) groups excluding carboxylic acids is 2. The van der Waals surface area contributed by atoms with Crippen molar-refractivity contribution in [1.29, 1.82) is 0 Å². The molecular formula is C24H34N4O2S. The van der Waals surface area contributed by atoms with E-state index in [1.54, 1.807) is 0 Å². The summed E-state index contributed by atoms with van der Waals surface area (Å²) in [6.07, 6.45) is 8.23. The Morgan fingerprint density at radius 1 is 1.16 bits per heavy atom. The Bertz CT molecular complexity index is 971. The minimum Gasteiger partial charge on any atom is -0.318 e. The van der Waals surface area contributed by atoms with Crippen molar-refractivity contribution in [3.8, 4) is 0 Å². The quantitative estimate of drug-likeness (QED) is 0.669. The van der Waals surface area contributed by atoms with Crippen LogP contribution >= 0.6 is 11.3 Å². The van der Waals surface area contributed by atoms with E-state index in [2.05, 4.69) is 36.3 Å². The number of carbonyl (C=O) groups is 2. The number of anilines is 1. The molecule has 2 saturated carbocycles. The van der Waals surface area contributed by atoms with Gasteiger partial charge in [0.05, 0.1) is 0 Å². The van der Waals surface area contributed by atoms with E-state index in [-0.39, 0.29) is 17.2 Å². The lowest BCUT2D eigenvalue weighted by Crippen LogP contribution is -2.57. The summed E-state index contributed by atoms with van der Waals surface area (Å²) in [6.45, 7) is 8.92. The van der Waals surface area contributed by atoms with Crippen molar-refractivity contribution < 1.29 is 9.59 Å². The van der Waals surface area contributed by atoms with Crippen LogP contribution in [-0.2, 0) is 9.59 Å². The summed E-state index contributed by atoms with van der Waals surface area (Å²) in [4.78, 5) is 28.3. The minimum atomic E-state index is -0.675. The number of hydrogen-bond acceptors (Lipinski definition) is 5. The molecule has 0 spiro atoms. The number of aromatic nitrogens is 2. The Kier molecular flexibility index (Phi) is 4.85. The van der Waals surface area contributed by atoms with E-state index in [0.29, 0.717) is 28.8 Å². The Morgan fingerprint density at radius 3 is 2.65 bits per heavy atom. The number of fused-ring (bicyclic) bond motifs is 5. The van der Waals surface area contributed by atoms with Gasteiger partial charge >= 0.3 is 0 Å². The summed E-state index contributed by atoms with van der Waals surface area (Å²) in [6, 6.07) is 0. The zero-order valence-electron chi connectivity index (χ0n) is 19.3. The standard InChI is InChI=1S/C24H34N4O2S/c1-13-11-15-17-7-6-9-23(17,3)10-8-18(15)24(4)12-16(21(30)28(5)19(13)24)20(29)25-22-27-26-14(2)31-22/h15-18H,6-12H2,1-5H3,(H,25,27,29)/t15-,16?,17-,18+,23-,24+/m0/s1. The first kappa shape index (κ1) is 21.1. The second-order valence-corrected chi connectivity index (χ2v) is 12.2. The molecule has 3 aliphatic carbocycles. The van der Waals surface area contributed by atoms with Gasteiger partial charge in [-0.1, -0.05) is 37.2 Å². The number of piperidine rings is 1. The van der Waals surface area contributed by atoms with Gasteiger partial charge in [-0.05, 0) is 75.5 Å². The lowest BCUT2D eigenvalue weighted by atomic mass is 9.48. The first-order valence-electron chi connectivity index (χ1n) is 11.7. The number of likely N-dealkylation sites (tertiary alicyclic amines) is 1. The third-order valence-corrected chi connectivity index (χ3v) is 9.94. The molecule has 2 heterocycles. The highest BCUT2D eigenvalue weighted by Gasteiger charge is 2.60. The zero-order valence-corrected chi connectivity index (χ0v) is 20.1. The summed E-state index contributed by atoms with van der Waals surface area (Å²) in [7, 11) is 1.87. The molecule has 0 bridgehead atoms. The average molecular weight is 443 g/mol. The van der Waals surface area contributed by atoms with Gasteiger partial charge in [0.25, 0.3) is 0 Å². The van der Waals surface area contributed by atoms with Crippen LogP contribution in [0.4, 0.5) is 5.13 Å². The van der Waals surface area contributed by atoms with Gasteiger partial charge in [-0.25, -0.2) is 0 Å². The molecular weight excluding hydrogens is 408 g/mol. The van der Waals surface area contributed by atoms with E-state index < -0.39 is 5.92 Å². The van der Waals surface area contributed by atoms with Crippen LogP contribution in [0.5, 0.6) is 0 Å². The number of hydrogen-bond donors (Lipinski definition) is 1. The number of allylic oxidation sites excluding steroid dienone is 2. The van der Waals surface area contributed by atoms with Crippen LogP contribution in [0, 0.1) is 41.4 Å². The fourth-order valence-electron chi connectivity index (χ4n) is 7.99. The molecule has 1 aromatic heterocycles. The Morgan fingerprint density at radius 2 is 1.94 bits per heavy atom. The maximum Gasteiger partial charge on any atom is 0.239 e. The van der Waals surface area contributed by atoms with Crippen LogP contribution in [0.2, 0.25) is 0 Å². The molecule has 1 saturated heterocycles. The Hall–Kier alpha value is -1.76. The largest absolute Gasteiger partial charge is 0.318 e. The molecule has 1 aromatic rings. The topological polar surface area (TPSA) is 75.2 Å². The lowest BCUT2D eigenvalue weighted by Gasteiger charge is -2.59. The van der Waals surface area contributed by atoms with Crippen molar-refractivity contribution in [2.45, 2.75) is 72.6 Å². The number of nitrogens with zero attached hydrogens (tertiary/aromatic N) is 3. The number of nitrogens with one attached hydrogen (secondary N) is 1. The molecule has 2 amide bonds.